The van der Waals surface area contributed by atoms with Crippen molar-refractivity contribution in [3.05, 3.63) is 59.2 Å². The molecule has 1 saturated heterocycles. The third-order valence-corrected chi connectivity index (χ3v) is 6.38. The summed E-state index contributed by atoms with van der Waals surface area (Å²) in [6.45, 7) is 7.48. The molecular formula is C25H31N3O4. The second-order valence-electron chi connectivity index (χ2n) is 9.36. The van der Waals surface area contributed by atoms with Crippen LogP contribution in [-0.4, -0.2) is 61.8 Å². The van der Waals surface area contributed by atoms with Gasteiger partial charge in [0, 0.05) is 37.1 Å². The number of likely N-dealkylation sites (N-methyl/N-ethyl adjacent to an activating group) is 1. The second-order valence-corrected chi connectivity index (χ2v) is 9.36. The van der Waals surface area contributed by atoms with E-state index >= 15 is 0 Å². The summed E-state index contributed by atoms with van der Waals surface area (Å²) in [5.74, 6) is -1.31. The summed E-state index contributed by atoms with van der Waals surface area (Å²) in [4.78, 5) is 27.2. The predicted molar refractivity (Wildman–Crippen MR) is 124 cm³/mol. The molecule has 0 aromatic heterocycles. The number of anilines is 2. The molecule has 4 rings (SSSR count). The number of carbonyl (C=O) groups excluding carboxylic acids is 1. The molecule has 2 aromatic rings. The lowest BCUT2D eigenvalue weighted by Crippen LogP contribution is -2.37. The topological polar surface area (TPSA) is 82.1 Å². The molecule has 32 heavy (non-hydrogen) atoms. The molecule has 1 fully saturated rings. The van der Waals surface area contributed by atoms with Crippen molar-refractivity contribution in [2.45, 2.75) is 26.3 Å². The van der Waals surface area contributed by atoms with Gasteiger partial charge in [-0.25, -0.2) is 0 Å². The summed E-state index contributed by atoms with van der Waals surface area (Å²) < 4.78 is 5.49. The SMILES string of the molecule is CN(CC(=O)O)C(=O)c1ccc2c(c1)CC(C)(C)C(c1cccc(N3CCOCC3)c1)N2. The predicted octanol–water partition coefficient (Wildman–Crippen LogP) is 3.42. The lowest BCUT2D eigenvalue weighted by Gasteiger charge is -2.42. The number of benzene rings is 2. The molecule has 2 aliphatic heterocycles. The molecule has 1 unspecified atom stereocenters. The zero-order valence-corrected chi connectivity index (χ0v) is 18.9. The zero-order valence-electron chi connectivity index (χ0n) is 18.9. The van der Waals surface area contributed by atoms with Crippen molar-refractivity contribution >= 4 is 23.3 Å². The van der Waals surface area contributed by atoms with Crippen LogP contribution in [0.2, 0.25) is 0 Å². The monoisotopic (exact) mass is 437 g/mol. The number of morpholine rings is 1. The van der Waals surface area contributed by atoms with Gasteiger partial charge in [-0.3, -0.25) is 9.59 Å². The third kappa shape index (κ3) is 4.58. The molecule has 0 spiro atoms. The number of nitrogens with one attached hydrogen (secondary N) is 1. The normalized spacial score (nSPS) is 19.6. The maximum atomic E-state index is 12.6. The number of carboxylic acid groups (broad SMARTS) is 1. The first-order valence-electron chi connectivity index (χ1n) is 11.0. The van der Waals surface area contributed by atoms with Crippen LogP contribution in [0.4, 0.5) is 11.4 Å². The summed E-state index contributed by atoms with van der Waals surface area (Å²) in [6, 6.07) is 14.5. The van der Waals surface area contributed by atoms with Crippen LogP contribution in [0.15, 0.2) is 42.5 Å². The highest BCUT2D eigenvalue weighted by molar-refractivity contribution is 5.96. The average molecular weight is 438 g/mol. The van der Waals surface area contributed by atoms with E-state index in [1.54, 1.807) is 6.07 Å². The molecule has 7 heteroatoms. The molecule has 1 amide bonds. The molecule has 0 saturated carbocycles. The molecule has 0 aliphatic carbocycles. The van der Waals surface area contributed by atoms with Gasteiger partial charge in [0.05, 0.1) is 19.3 Å². The summed E-state index contributed by atoms with van der Waals surface area (Å²) in [6.07, 6.45) is 0.811. The highest BCUT2D eigenvalue weighted by atomic mass is 16.5. The standard InChI is InChI=1S/C25H31N3O4/c1-25(2)15-19-13-18(24(31)27(3)16-22(29)30)7-8-21(19)26-23(25)17-5-4-6-20(14-17)28-9-11-32-12-10-28/h4-8,13-14,23,26H,9-12,15-16H2,1-3H3,(H,29,30). The molecule has 2 aromatic carbocycles. The van der Waals surface area contributed by atoms with Gasteiger partial charge in [0.2, 0.25) is 0 Å². The van der Waals surface area contributed by atoms with Gasteiger partial charge in [-0.1, -0.05) is 26.0 Å². The number of ether oxygens (including phenoxy) is 1. The Bertz CT molecular complexity index is 1010. The molecule has 2 aliphatic rings. The Morgan fingerprint density at radius 1 is 1.19 bits per heavy atom. The molecule has 170 valence electrons. The number of hydrogen-bond donors (Lipinski definition) is 2. The molecular weight excluding hydrogens is 406 g/mol. The van der Waals surface area contributed by atoms with E-state index in [0.29, 0.717) is 5.56 Å². The van der Waals surface area contributed by atoms with Crippen LogP contribution in [0.5, 0.6) is 0 Å². The second kappa shape index (κ2) is 8.82. The molecule has 0 bridgehead atoms. The first kappa shape index (κ1) is 22.1. The lowest BCUT2D eigenvalue weighted by atomic mass is 9.72. The Hall–Kier alpha value is -3.06. The largest absolute Gasteiger partial charge is 0.480 e. The van der Waals surface area contributed by atoms with E-state index < -0.39 is 5.97 Å². The summed E-state index contributed by atoms with van der Waals surface area (Å²) in [5.41, 5.74) is 4.99. The smallest absolute Gasteiger partial charge is 0.323 e. The highest BCUT2D eigenvalue weighted by Gasteiger charge is 2.36. The van der Waals surface area contributed by atoms with Crippen LogP contribution in [0.1, 0.15) is 41.4 Å². The maximum absolute atomic E-state index is 12.6. The minimum absolute atomic E-state index is 0.0781. The van der Waals surface area contributed by atoms with Crippen molar-refractivity contribution in [2.24, 2.45) is 5.41 Å². The number of aliphatic carboxylic acids is 1. The first-order chi connectivity index (χ1) is 15.2. The van der Waals surface area contributed by atoms with Gasteiger partial charge in [0.1, 0.15) is 6.54 Å². The number of carbonyl (C=O) groups is 2. The number of nitrogens with zero attached hydrogens (tertiary/aromatic N) is 2. The lowest BCUT2D eigenvalue weighted by molar-refractivity contribution is -0.137. The Kier molecular flexibility index (Phi) is 6.11. The fourth-order valence-electron chi connectivity index (χ4n) is 4.71. The van der Waals surface area contributed by atoms with Crippen molar-refractivity contribution < 1.29 is 19.4 Å². The Labute approximate surface area is 189 Å². The van der Waals surface area contributed by atoms with E-state index in [9.17, 15) is 9.59 Å². The van der Waals surface area contributed by atoms with Gasteiger partial charge < -0.3 is 25.0 Å². The van der Waals surface area contributed by atoms with Crippen LogP contribution < -0.4 is 10.2 Å². The van der Waals surface area contributed by atoms with E-state index in [-0.39, 0.29) is 23.9 Å². The van der Waals surface area contributed by atoms with Crippen LogP contribution in [0, 0.1) is 5.41 Å². The molecule has 0 radical (unpaired) electrons. The van der Waals surface area contributed by atoms with Gasteiger partial charge >= 0.3 is 5.97 Å². The quantitative estimate of drug-likeness (QED) is 0.746. The van der Waals surface area contributed by atoms with E-state index in [1.165, 1.54) is 23.2 Å². The minimum atomic E-state index is -1.02. The van der Waals surface area contributed by atoms with Gasteiger partial charge in [-0.2, -0.15) is 0 Å². The van der Waals surface area contributed by atoms with E-state index in [4.69, 9.17) is 9.84 Å². The Balaban J connectivity index is 1.58. The Morgan fingerprint density at radius 3 is 2.66 bits per heavy atom. The summed E-state index contributed by atoms with van der Waals surface area (Å²) in [7, 11) is 1.51. The van der Waals surface area contributed by atoms with E-state index in [0.717, 1.165) is 44.0 Å². The van der Waals surface area contributed by atoms with Crippen LogP contribution in [0.25, 0.3) is 0 Å². The molecule has 1 atom stereocenters. The van der Waals surface area contributed by atoms with Gasteiger partial charge in [-0.15, -0.1) is 0 Å². The number of carboxylic acids is 1. The molecule has 7 nitrogen and oxygen atoms in total. The number of rotatable bonds is 5. The maximum Gasteiger partial charge on any atom is 0.323 e. The summed E-state index contributed by atoms with van der Waals surface area (Å²) in [5, 5.41) is 12.7. The van der Waals surface area contributed by atoms with Crippen LogP contribution in [-0.2, 0) is 16.0 Å². The fourth-order valence-corrected chi connectivity index (χ4v) is 4.71. The van der Waals surface area contributed by atoms with E-state index in [1.807, 2.05) is 12.1 Å². The third-order valence-electron chi connectivity index (χ3n) is 6.38. The van der Waals surface area contributed by atoms with Gasteiger partial charge in [0.15, 0.2) is 0 Å². The molecule has 2 heterocycles. The highest BCUT2D eigenvalue weighted by Crippen LogP contribution is 2.45. The van der Waals surface area contributed by atoms with Crippen molar-refractivity contribution in [1.82, 2.24) is 4.90 Å². The van der Waals surface area contributed by atoms with Crippen LogP contribution in [0.3, 0.4) is 0 Å². The first-order valence-corrected chi connectivity index (χ1v) is 11.0. The minimum Gasteiger partial charge on any atom is -0.480 e. The summed E-state index contributed by atoms with van der Waals surface area (Å²) >= 11 is 0. The number of hydrogen-bond acceptors (Lipinski definition) is 5. The number of amides is 1. The van der Waals surface area contributed by atoms with Crippen molar-refractivity contribution in [3.8, 4) is 0 Å². The van der Waals surface area contributed by atoms with Crippen molar-refractivity contribution in [3.63, 3.8) is 0 Å². The number of fused-ring (bicyclic) bond motifs is 1. The fraction of sp³-hybridized carbons (Fsp3) is 0.440. The zero-order chi connectivity index (χ0) is 22.9. The molecule has 2 N–H and O–H groups in total. The van der Waals surface area contributed by atoms with Crippen molar-refractivity contribution in [2.75, 3.05) is 50.1 Å². The van der Waals surface area contributed by atoms with Crippen LogP contribution >= 0.6 is 0 Å². The van der Waals surface area contributed by atoms with Crippen molar-refractivity contribution in [1.29, 1.82) is 0 Å². The van der Waals surface area contributed by atoms with E-state index in [2.05, 4.69) is 48.3 Å². The van der Waals surface area contributed by atoms with Gasteiger partial charge in [0.25, 0.3) is 5.91 Å². The van der Waals surface area contributed by atoms with Gasteiger partial charge in [-0.05, 0) is 53.3 Å². The Morgan fingerprint density at radius 2 is 1.94 bits per heavy atom. The average Bonchev–Trinajstić information content (AvgIpc) is 2.77.